The fourth-order valence-corrected chi connectivity index (χ4v) is 1.93. The molecule has 0 spiro atoms. The van der Waals surface area contributed by atoms with E-state index < -0.39 is 5.91 Å². The van der Waals surface area contributed by atoms with E-state index >= 15 is 0 Å². The largest absolute Gasteiger partial charge is 0.368 e. The molecule has 1 amide bonds. The predicted molar refractivity (Wildman–Crippen MR) is 68.9 cm³/mol. The van der Waals surface area contributed by atoms with Gasteiger partial charge in [0, 0.05) is 18.6 Å². The third-order valence-electron chi connectivity index (χ3n) is 2.64. The number of likely N-dealkylation sites (N-methyl/N-ethyl adjacent to an activating group) is 1. The molecule has 0 atom stereocenters. The van der Waals surface area contributed by atoms with E-state index in [9.17, 15) is 4.79 Å². The topological polar surface area (TPSA) is 83.0 Å². The van der Waals surface area contributed by atoms with Gasteiger partial charge < -0.3 is 10.6 Å². The summed E-state index contributed by atoms with van der Waals surface area (Å²) in [5.74, 6) is -0.442. The molecule has 5 heteroatoms. The number of rotatable bonds is 3. The maximum atomic E-state index is 11.0. The molecule has 0 saturated carbocycles. The molecule has 1 aromatic heterocycles. The van der Waals surface area contributed by atoms with Crippen molar-refractivity contribution in [1.82, 2.24) is 4.98 Å². The van der Waals surface area contributed by atoms with Crippen LogP contribution in [0.5, 0.6) is 0 Å². The highest BCUT2D eigenvalue weighted by Gasteiger charge is 2.13. The molecule has 2 aromatic rings. The summed E-state index contributed by atoms with van der Waals surface area (Å²) < 4.78 is 0. The van der Waals surface area contributed by atoms with Crippen molar-refractivity contribution in [1.29, 1.82) is 5.26 Å². The Bertz CT molecular complexity index is 645. The summed E-state index contributed by atoms with van der Waals surface area (Å²) >= 11 is 0. The minimum absolute atomic E-state index is 0.0582. The minimum atomic E-state index is -0.442. The number of hydrogen-bond acceptors (Lipinski definition) is 4. The Balaban J connectivity index is 2.65. The van der Waals surface area contributed by atoms with Crippen molar-refractivity contribution < 1.29 is 4.79 Å². The van der Waals surface area contributed by atoms with Crippen LogP contribution in [0.3, 0.4) is 0 Å². The predicted octanol–water partition coefficient (Wildman–Crippen LogP) is 1.03. The van der Waals surface area contributed by atoms with Gasteiger partial charge in [0.2, 0.25) is 5.91 Å². The number of nitrogens with two attached hydrogens (primary N) is 1. The standard InChI is InChI=1S/C13H12N4O/c1-17(8-12(15)18)13-9(6-14)7-16-11-5-3-2-4-10(11)13/h2-5,7H,8H2,1H3,(H2,15,18). The van der Waals surface area contributed by atoms with Gasteiger partial charge in [-0.05, 0) is 6.07 Å². The first-order valence-corrected chi connectivity index (χ1v) is 5.40. The Morgan fingerprint density at radius 2 is 2.22 bits per heavy atom. The number of para-hydroxylation sites is 1. The van der Waals surface area contributed by atoms with Gasteiger partial charge in [-0.15, -0.1) is 0 Å². The smallest absolute Gasteiger partial charge is 0.236 e. The van der Waals surface area contributed by atoms with Crippen molar-refractivity contribution in [3.8, 4) is 6.07 Å². The van der Waals surface area contributed by atoms with Gasteiger partial charge in [-0.1, -0.05) is 18.2 Å². The third kappa shape index (κ3) is 2.09. The fraction of sp³-hybridized carbons (Fsp3) is 0.154. The molecule has 0 radical (unpaired) electrons. The maximum Gasteiger partial charge on any atom is 0.236 e. The molecule has 1 aromatic carbocycles. The first-order chi connectivity index (χ1) is 8.63. The average Bonchev–Trinajstić information content (AvgIpc) is 2.36. The summed E-state index contributed by atoms with van der Waals surface area (Å²) in [5, 5.41) is 9.96. The summed E-state index contributed by atoms with van der Waals surface area (Å²) in [6.07, 6.45) is 1.51. The Morgan fingerprint density at radius 3 is 2.89 bits per heavy atom. The Labute approximate surface area is 104 Å². The van der Waals surface area contributed by atoms with Crippen LogP contribution in [-0.4, -0.2) is 24.5 Å². The van der Waals surface area contributed by atoms with Crippen LogP contribution >= 0.6 is 0 Å². The highest BCUT2D eigenvalue weighted by molar-refractivity contribution is 5.95. The number of benzene rings is 1. The summed E-state index contributed by atoms with van der Waals surface area (Å²) in [6.45, 7) is 0.0582. The molecule has 2 rings (SSSR count). The third-order valence-corrected chi connectivity index (χ3v) is 2.64. The van der Waals surface area contributed by atoms with E-state index in [1.807, 2.05) is 24.3 Å². The number of carbonyl (C=O) groups is 1. The van der Waals surface area contributed by atoms with Gasteiger partial charge in [-0.3, -0.25) is 9.78 Å². The minimum Gasteiger partial charge on any atom is -0.368 e. The lowest BCUT2D eigenvalue weighted by molar-refractivity contribution is -0.116. The normalized spacial score (nSPS) is 10.0. The SMILES string of the molecule is CN(CC(N)=O)c1c(C#N)cnc2ccccc12. The Kier molecular flexibility index (Phi) is 3.11. The molecule has 0 aliphatic carbocycles. The molecule has 2 N–H and O–H groups in total. The van der Waals surface area contributed by atoms with E-state index in [2.05, 4.69) is 11.1 Å². The number of fused-ring (bicyclic) bond motifs is 1. The van der Waals surface area contributed by atoms with Gasteiger partial charge in [-0.2, -0.15) is 5.26 Å². The average molecular weight is 240 g/mol. The van der Waals surface area contributed by atoms with Gasteiger partial charge in [0.15, 0.2) is 0 Å². The second-order valence-electron chi connectivity index (χ2n) is 3.97. The van der Waals surface area contributed by atoms with E-state index in [1.165, 1.54) is 6.20 Å². The zero-order valence-electron chi connectivity index (χ0n) is 9.92. The van der Waals surface area contributed by atoms with Crippen LogP contribution in [0.4, 0.5) is 5.69 Å². The van der Waals surface area contributed by atoms with Crippen molar-refractivity contribution in [2.75, 3.05) is 18.5 Å². The van der Waals surface area contributed by atoms with Gasteiger partial charge in [-0.25, -0.2) is 0 Å². The van der Waals surface area contributed by atoms with Crippen LogP contribution in [0, 0.1) is 11.3 Å². The number of aromatic nitrogens is 1. The lowest BCUT2D eigenvalue weighted by atomic mass is 10.1. The van der Waals surface area contributed by atoms with E-state index in [4.69, 9.17) is 11.0 Å². The summed E-state index contributed by atoms with van der Waals surface area (Å²) in [5.41, 5.74) is 7.08. The number of amides is 1. The van der Waals surface area contributed by atoms with E-state index in [0.29, 0.717) is 11.3 Å². The molecule has 0 aliphatic rings. The summed E-state index contributed by atoms with van der Waals surface area (Å²) in [6, 6.07) is 9.56. The number of carbonyl (C=O) groups excluding carboxylic acids is 1. The van der Waals surface area contributed by atoms with Crippen molar-refractivity contribution >= 4 is 22.5 Å². The van der Waals surface area contributed by atoms with Crippen LogP contribution in [0.2, 0.25) is 0 Å². The maximum absolute atomic E-state index is 11.0. The van der Waals surface area contributed by atoms with Gasteiger partial charge >= 0.3 is 0 Å². The van der Waals surface area contributed by atoms with Crippen LogP contribution < -0.4 is 10.6 Å². The molecule has 1 heterocycles. The molecule has 5 nitrogen and oxygen atoms in total. The first kappa shape index (κ1) is 11.9. The highest BCUT2D eigenvalue weighted by Crippen LogP contribution is 2.27. The zero-order valence-corrected chi connectivity index (χ0v) is 9.92. The number of primary amides is 1. The van der Waals surface area contributed by atoms with E-state index in [-0.39, 0.29) is 6.54 Å². The molecule has 90 valence electrons. The number of nitriles is 1. The zero-order chi connectivity index (χ0) is 13.1. The number of nitrogens with zero attached hydrogens (tertiary/aromatic N) is 3. The summed E-state index contributed by atoms with van der Waals surface area (Å²) in [4.78, 5) is 16.9. The van der Waals surface area contributed by atoms with E-state index in [1.54, 1.807) is 11.9 Å². The number of anilines is 1. The van der Waals surface area contributed by atoms with Crippen LogP contribution in [0.25, 0.3) is 10.9 Å². The lowest BCUT2D eigenvalue weighted by Crippen LogP contribution is -2.31. The van der Waals surface area contributed by atoms with Crippen molar-refractivity contribution in [2.45, 2.75) is 0 Å². The van der Waals surface area contributed by atoms with Gasteiger partial charge in [0.05, 0.1) is 23.3 Å². The van der Waals surface area contributed by atoms with Crippen LogP contribution in [-0.2, 0) is 4.79 Å². The fourth-order valence-electron chi connectivity index (χ4n) is 1.93. The van der Waals surface area contributed by atoms with Crippen LogP contribution in [0.1, 0.15) is 5.56 Å². The molecule has 0 unspecified atom stereocenters. The van der Waals surface area contributed by atoms with E-state index in [0.717, 1.165) is 10.9 Å². The van der Waals surface area contributed by atoms with Crippen molar-refractivity contribution in [3.63, 3.8) is 0 Å². The quantitative estimate of drug-likeness (QED) is 0.868. The van der Waals surface area contributed by atoms with Crippen LogP contribution in [0.15, 0.2) is 30.5 Å². The monoisotopic (exact) mass is 240 g/mol. The van der Waals surface area contributed by atoms with Crippen molar-refractivity contribution in [2.24, 2.45) is 5.73 Å². The second-order valence-corrected chi connectivity index (χ2v) is 3.97. The molecular weight excluding hydrogens is 228 g/mol. The van der Waals surface area contributed by atoms with Gasteiger partial charge in [0.25, 0.3) is 0 Å². The highest BCUT2D eigenvalue weighted by atomic mass is 16.1. The molecule has 0 saturated heterocycles. The Morgan fingerprint density at radius 1 is 1.50 bits per heavy atom. The first-order valence-electron chi connectivity index (χ1n) is 5.40. The number of hydrogen-bond donors (Lipinski definition) is 1. The molecule has 0 fully saturated rings. The molecular formula is C13H12N4O. The lowest BCUT2D eigenvalue weighted by Gasteiger charge is -2.20. The van der Waals surface area contributed by atoms with Gasteiger partial charge in [0.1, 0.15) is 6.07 Å². The van der Waals surface area contributed by atoms with Crippen molar-refractivity contribution in [3.05, 3.63) is 36.0 Å². The second kappa shape index (κ2) is 4.72. The number of pyridine rings is 1. The summed E-state index contributed by atoms with van der Waals surface area (Å²) in [7, 11) is 1.73. The molecule has 0 aliphatic heterocycles. The molecule has 18 heavy (non-hydrogen) atoms. The Hall–Kier alpha value is -2.61. The molecule has 0 bridgehead atoms.